The largest absolute Gasteiger partial charge is 0.457 e. The van der Waals surface area contributed by atoms with Crippen molar-refractivity contribution in [2.45, 2.75) is 32.7 Å². The average Bonchev–Trinajstić information content (AvgIpc) is 2.58. The molecule has 2 nitrogen and oxygen atoms in total. The fourth-order valence-corrected chi connectivity index (χ4v) is 2.03. The predicted molar refractivity (Wildman–Crippen MR) is 66.9 cm³/mol. The smallest absolute Gasteiger partial charge is 0.173 e. The summed E-state index contributed by atoms with van der Waals surface area (Å²) in [7, 11) is 0. The minimum absolute atomic E-state index is 0.301. The van der Waals surface area contributed by atoms with E-state index in [2.05, 4.69) is 41.7 Å². The molecule has 1 rings (SSSR count). The first-order valence-corrected chi connectivity index (χ1v) is 6.05. The van der Waals surface area contributed by atoms with Crippen LogP contribution >= 0.6 is 15.9 Å². The number of nitrogens with one attached hydrogen (secondary N) is 1. The lowest BCUT2D eigenvalue weighted by Crippen LogP contribution is -2.22. The third-order valence-corrected chi connectivity index (χ3v) is 2.86. The van der Waals surface area contributed by atoms with Gasteiger partial charge in [-0.3, -0.25) is 0 Å². The Hall–Kier alpha value is -0.540. The van der Waals surface area contributed by atoms with E-state index >= 15 is 0 Å². The fourth-order valence-electron chi connectivity index (χ4n) is 1.51. The van der Waals surface area contributed by atoms with Gasteiger partial charge in [-0.05, 0) is 48.3 Å². The van der Waals surface area contributed by atoms with Gasteiger partial charge in [-0.2, -0.15) is 0 Å². The van der Waals surface area contributed by atoms with E-state index in [4.69, 9.17) is 4.42 Å². The van der Waals surface area contributed by atoms with Crippen LogP contribution in [-0.2, 0) is 0 Å². The molecule has 15 heavy (non-hydrogen) atoms. The van der Waals surface area contributed by atoms with Crippen LogP contribution in [0.2, 0.25) is 0 Å². The lowest BCUT2D eigenvalue weighted by Gasteiger charge is -2.17. The van der Waals surface area contributed by atoms with Crippen LogP contribution in [0.3, 0.4) is 0 Å². The van der Waals surface area contributed by atoms with Crippen molar-refractivity contribution in [1.29, 1.82) is 0 Å². The minimum atomic E-state index is 0.301. The highest BCUT2D eigenvalue weighted by molar-refractivity contribution is 9.10. The van der Waals surface area contributed by atoms with E-state index in [1.807, 2.05) is 6.07 Å². The Morgan fingerprint density at radius 2 is 2.40 bits per heavy atom. The Bertz CT molecular complexity index is 319. The zero-order chi connectivity index (χ0) is 11.3. The molecule has 1 aromatic heterocycles. The van der Waals surface area contributed by atoms with E-state index in [0.717, 1.165) is 24.1 Å². The van der Waals surface area contributed by atoms with Gasteiger partial charge >= 0.3 is 0 Å². The van der Waals surface area contributed by atoms with Gasteiger partial charge in [0.1, 0.15) is 0 Å². The van der Waals surface area contributed by atoms with E-state index in [9.17, 15) is 0 Å². The molecular formula is C12H18BrNO. The molecule has 1 N–H and O–H groups in total. The van der Waals surface area contributed by atoms with E-state index in [0.29, 0.717) is 6.04 Å². The molecule has 0 radical (unpaired) electrons. The van der Waals surface area contributed by atoms with Crippen molar-refractivity contribution in [3.63, 3.8) is 0 Å². The first-order chi connectivity index (χ1) is 7.15. The molecule has 0 amide bonds. The molecule has 0 saturated heterocycles. The number of halogens is 1. The predicted octanol–water partition coefficient (Wildman–Crippen LogP) is 4.05. The molecule has 0 spiro atoms. The lowest BCUT2D eigenvalue weighted by molar-refractivity contribution is 0.497. The van der Waals surface area contributed by atoms with Crippen LogP contribution in [0.4, 0.5) is 0 Å². The lowest BCUT2D eigenvalue weighted by atomic mass is 10.0. The molecule has 0 aliphatic heterocycles. The topological polar surface area (TPSA) is 25.2 Å². The summed E-state index contributed by atoms with van der Waals surface area (Å²) in [5.41, 5.74) is 2.35. The molecule has 0 aliphatic rings. The number of rotatable bonds is 6. The Morgan fingerprint density at radius 3 is 2.87 bits per heavy atom. The van der Waals surface area contributed by atoms with Crippen molar-refractivity contribution < 1.29 is 4.42 Å². The molecule has 1 aromatic rings. The average molecular weight is 272 g/mol. The highest BCUT2D eigenvalue weighted by atomic mass is 79.9. The van der Waals surface area contributed by atoms with Gasteiger partial charge in [-0.25, -0.2) is 0 Å². The van der Waals surface area contributed by atoms with Crippen molar-refractivity contribution >= 4 is 15.9 Å². The second-order valence-electron chi connectivity index (χ2n) is 3.82. The normalized spacial score (nSPS) is 12.7. The van der Waals surface area contributed by atoms with Crippen LogP contribution < -0.4 is 5.32 Å². The molecule has 0 fully saturated rings. The number of hydrogen-bond donors (Lipinski definition) is 1. The van der Waals surface area contributed by atoms with Gasteiger partial charge in [0.05, 0.1) is 6.26 Å². The number of furan rings is 1. The highest BCUT2D eigenvalue weighted by Crippen LogP contribution is 2.28. The Kier molecular flexibility index (Phi) is 5.12. The van der Waals surface area contributed by atoms with Crippen molar-refractivity contribution in [1.82, 2.24) is 5.32 Å². The van der Waals surface area contributed by atoms with Crippen LogP contribution in [0.25, 0.3) is 0 Å². The summed E-state index contributed by atoms with van der Waals surface area (Å²) < 4.78 is 6.07. The molecule has 84 valence electrons. The maximum atomic E-state index is 5.25. The van der Waals surface area contributed by atoms with E-state index in [-0.39, 0.29) is 0 Å². The molecule has 1 heterocycles. The van der Waals surface area contributed by atoms with E-state index in [1.165, 1.54) is 11.1 Å². The first-order valence-electron chi connectivity index (χ1n) is 5.25. The first kappa shape index (κ1) is 12.5. The van der Waals surface area contributed by atoms with Crippen LogP contribution in [0.15, 0.2) is 33.6 Å². The summed E-state index contributed by atoms with van der Waals surface area (Å²) in [6.07, 6.45) is 3.78. The summed E-state index contributed by atoms with van der Waals surface area (Å²) in [5, 5.41) is 3.49. The molecular weight excluding hydrogens is 254 g/mol. The van der Waals surface area contributed by atoms with Gasteiger partial charge in [-0.15, -0.1) is 6.58 Å². The van der Waals surface area contributed by atoms with Crippen LogP contribution in [0.5, 0.6) is 0 Å². The minimum Gasteiger partial charge on any atom is -0.457 e. The van der Waals surface area contributed by atoms with Gasteiger partial charge < -0.3 is 9.73 Å². The Balaban J connectivity index is 2.71. The molecule has 3 heteroatoms. The van der Waals surface area contributed by atoms with Crippen molar-refractivity contribution in [3.05, 3.63) is 34.7 Å². The summed E-state index contributed by atoms with van der Waals surface area (Å²) >= 11 is 3.41. The summed E-state index contributed by atoms with van der Waals surface area (Å²) in [6, 6.07) is 2.30. The van der Waals surface area contributed by atoms with Gasteiger partial charge in [0, 0.05) is 11.6 Å². The fraction of sp³-hybridized carbons (Fsp3) is 0.500. The SMILES string of the molecule is C=C(C)CC(NCCC)c1ccoc1Br. The monoisotopic (exact) mass is 271 g/mol. The Labute approximate surface area is 99.9 Å². The molecule has 0 aromatic carbocycles. The summed E-state index contributed by atoms with van der Waals surface area (Å²) in [5.74, 6) is 0. The van der Waals surface area contributed by atoms with Crippen LogP contribution in [-0.4, -0.2) is 6.54 Å². The third-order valence-electron chi connectivity index (χ3n) is 2.21. The highest BCUT2D eigenvalue weighted by Gasteiger charge is 2.15. The second-order valence-corrected chi connectivity index (χ2v) is 4.54. The molecule has 0 saturated carbocycles. The van der Waals surface area contributed by atoms with Gasteiger partial charge in [0.15, 0.2) is 4.67 Å². The molecule has 1 unspecified atom stereocenters. The zero-order valence-electron chi connectivity index (χ0n) is 9.35. The summed E-state index contributed by atoms with van der Waals surface area (Å²) in [4.78, 5) is 0. The van der Waals surface area contributed by atoms with Crippen molar-refractivity contribution in [2.24, 2.45) is 0 Å². The quantitative estimate of drug-likeness (QED) is 0.790. The molecule has 0 aliphatic carbocycles. The van der Waals surface area contributed by atoms with E-state index in [1.54, 1.807) is 6.26 Å². The third kappa shape index (κ3) is 3.84. The maximum absolute atomic E-state index is 5.25. The number of hydrogen-bond acceptors (Lipinski definition) is 2. The second kappa shape index (κ2) is 6.13. The van der Waals surface area contributed by atoms with Gasteiger partial charge in [-0.1, -0.05) is 12.5 Å². The van der Waals surface area contributed by atoms with Crippen molar-refractivity contribution in [2.75, 3.05) is 6.54 Å². The van der Waals surface area contributed by atoms with E-state index < -0.39 is 0 Å². The van der Waals surface area contributed by atoms with Crippen molar-refractivity contribution in [3.8, 4) is 0 Å². The maximum Gasteiger partial charge on any atom is 0.173 e. The zero-order valence-corrected chi connectivity index (χ0v) is 10.9. The standard InChI is InChI=1S/C12H18BrNO/c1-4-6-14-11(8-9(2)3)10-5-7-15-12(10)13/h5,7,11,14H,2,4,6,8H2,1,3H3. The molecule has 0 bridgehead atoms. The van der Waals surface area contributed by atoms with Crippen LogP contribution in [0.1, 0.15) is 38.3 Å². The Morgan fingerprint density at radius 1 is 1.67 bits per heavy atom. The van der Waals surface area contributed by atoms with Crippen LogP contribution in [0, 0.1) is 0 Å². The van der Waals surface area contributed by atoms with Gasteiger partial charge in [0.2, 0.25) is 0 Å². The van der Waals surface area contributed by atoms with Gasteiger partial charge in [0.25, 0.3) is 0 Å². The summed E-state index contributed by atoms with van der Waals surface area (Å²) in [6.45, 7) is 9.18. The molecule has 1 atom stereocenters.